The summed E-state index contributed by atoms with van der Waals surface area (Å²) in [7, 11) is 0. The summed E-state index contributed by atoms with van der Waals surface area (Å²) < 4.78 is 33.0. The van der Waals surface area contributed by atoms with E-state index in [1.165, 1.54) is 6.92 Å². The number of rotatable bonds is 1. The first-order valence-corrected chi connectivity index (χ1v) is 1.97. The van der Waals surface area contributed by atoms with Crippen molar-refractivity contribution >= 4 is 0 Å². The summed E-state index contributed by atoms with van der Waals surface area (Å²) in [4.78, 5) is 0. The molecule has 0 saturated carbocycles. The number of alkyl halides is 3. The van der Waals surface area contributed by atoms with Crippen LogP contribution in [0, 0.1) is 6.42 Å². The Morgan fingerprint density at radius 3 is 1.56 bits per heavy atom. The summed E-state index contributed by atoms with van der Waals surface area (Å²) in [6, 6.07) is 0. The summed E-state index contributed by atoms with van der Waals surface area (Å²) in [5.74, 6) is 0. The van der Waals surface area contributed by atoms with Crippen LogP contribution in [0.25, 0.3) is 0 Å². The molecule has 0 aliphatic carbocycles. The Balaban J connectivity index is -0.000000180. The second kappa shape index (κ2) is 7.22. The Hall–Kier alpha value is 1.11. The van der Waals surface area contributed by atoms with Gasteiger partial charge in [0.25, 0.3) is 6.18 Å². The second-order valence-electron chi connectivity index (χ2n) is 1.15. The van der Waals surface area contributed by atoms with Gasteiger partial charge in [0.15, 0.2) is 0 Å². The third kappa shape index (κ3) is 17.6. The second-order valence-corrected chi connectivity index (χ2v) is 1.15. The van der Waals surface area contributed by atoms with Crippen molar-refractivity contribution in [3.8, 4) is 0 Å². The minimum Gasteiger partial charge on any atom is -0.227 e. The van der Waals surface area contributed by atoms with Gasteiger partial charge < -0.3 is 0 Å². The molecule has 0 unspecified atom stereocenters. The van der Waals surface area contributed by atoms with Crippen molar-refractivity contribution in [3.05, 3.63) is 6.42 Å². The van der Waals surface area contributed by atoms with Gasteiger partial charge in [0.1, 0.15) is 0 Å². The van der Waals surface area contributed by atoms with E-state index in [0.29, 0.717) is 6.42 Å². The number of hydrogen-bond donors (Lipinski definition) is 0. The van der Waals surface area contributed by atoms with E-state index in [0.717, 1.165) is 0 Å². The fourth-order valence-corrected chi connectivity index (χ4v) is 0.231. The first-order chi connectivity index (χ1) is 3.06. The molecule has 0 aromatic heterocycles. The molecule has 5 heteroatoms. The molecule has 9 heavy (non-hydrogen) atoms. The normalized spacial score (nSPS) is 9.33. The molecule has 0 spiro atoms. The van der Waals surface area contributed by atoms with Crippen molar-refractivity contribution in [2.24, 2.45) is 0 Å². The van der Waals surface area contributed by atoms with Crippen LogP contribution in [0.1, 0.15) is 13.3 Å². The Morgan fingerprint density at radius 1 is 1.22 bits per heavy atom. The SMILES string of the molecule is CC[CH-]C(F)(F)F.[Re].[Re]. The van der Waals surface area contributed by atoms with E-state index in [1.54, 1.807) is 0 Å². The molecule has 0 amide bonds. The summed E-state index contributed by atoms with van der Waals surface area (Å²) in [6.07, 6.45) is -3.70. The Labute approximate surface area is 79.9 Å². The van der Waals surface area contributed by atoms with Gasteiger partial charge >= 0.3 is 0 Å². The van der Waals surface area contributed by atoms with Gasteiger partial charge in [-0.2, -0.15) is 6.42 Å². The molecule has 0 rings (SSSR count). The van der Waals surface area contributed by atoms with Gasteiger partial charge in [0, 0.05) is 40.8 Å². The van der Waals surface area contributed by atoms with Crippen LogP contribution < -0.4 is 0 Å². The average Bonchev–Trinajstić information content (AvgIpc) is 1.30. The number of halogens is 3. The van der Waals surface area contributed by atoms with E-state index in [9.17, 15) is 13.2 Å². The van der Waals surface area contributed by atoms with Crippen molar-refractivity contribution in [3.63, 3.8) is 0 Å². The van der Waals surface area contributed by atoms with Gasteiger partial charge in [0.05, 0.1) is 0 Å². The molecule has 0 aliphatic heterocycles. The fraction of sp³-hybridized carbons (Fsp3) is 0.750. The van der Waals surface area contributed by atoms with Crippen LogP contribution in [0.4, 0.5) is 13.2 Å². The van der Waals surface area contributed by atoms with Gasteiger partial charge in [-0.1, -0.05) is 6.92 Å². The smallest absolute Gasteiger partial charge is 0.227 e. The zero-order valence-electron chi connectivity index (χ0n) is 4.67. The fourth-order valence-electron chi connectivity index (χ4n) is 0.231. The minimum absolute atomic E-state index is 0. The van der Waals surface area contributed by atoms with Crippen molar-refractivity contribution in [2.75, 3.05) is 0 Å². The van der Waals surface area contributed by atoms with Crippen molar-refractivity contribution in [1.82, 2.24) is 0 Å². The van der Waals surface area contributed by atoms with E-state index in [1.807, 2.05) is 0 Å². The molecule has 0 N–H and O–H groups in total. The molecule has 0 fully saturated rings. The van der Waals surface area contributed by atoms with E-state index in [-0.39, 0.29) is 47.3 Å². The zero-order chi connectivity index (χ0) is 5.91. The van der Waals surface area contributed by atoms with Crippen LogP contribution in [0.5, 0.6) is 0 Å². The van der Waals surface area contributed by atoms with Gasteiger partial charge in [-0.15, -0.1) is 0 Å². The van der Waals surface area contributed by atoms with Crippen molar-refractivity contribution in [1.29, 1.82) is 0 Å². The molecule has 0 bridgehead atoms. The molecule has 0 heterocycles. The molecule has 0 aromatic rings. The van der Waals surface area contributed by atoms with E-state index < -0.39 is 6.18 Å². The first-order valence-electron chi connectivity index (χ1n) is 1.97. The third-order valence-electron chi connectivity index (χ3n) is 0.436. The molecular formula is C4H6F3Re2-. The molecule has 0 nitrogen and oxygen atoms in total. The van der Waals surface area contributed by atoms with Crippen LogP contribution in [0.2, 0.25) is 0 Å². The monoisotopic (exact) mass is 485 g/mol. The Morgan fingerprint density at radius 2 is 1.56 bits per heavy atom. The first kappa shape index (κ1) is 16.6. The van der Waals surface area contributed by atoms with E-state index in [2.05, 4.69) is 0 Å². The summed E-state index contributed by atoms with van der Waals surface area (Å²) >= 11 is 0. The van der Waals surface area contributed by atoms with Crippen LogP contribution in [-0.2, 0) is 40.8 Å². The molecule has 0 saturated heterocycles. The van der Waals surface area contributed by atoms with Crippen molar-refractivity contribution < 1.29 is 54.0 Å². The topological polar surface area (TPSA) is 0 Å². The summed E-state index contributed by atoms with van der Waals surface area (Å²) in [5, 5.41) is 0. The van der Waals surface area contributed by atoms with Crippen LogP contribution >= 0.6 is 0 Å². The largest absolute Gasteiger partial charge is 0.270 e. The third-order valence-corrected chi connectivity index (χ3v) is 0.436. The molecule has 0 aliphatic rings. The van der Waals surface area contributed by atoms with Gasteiger partial charge in [-0.05, 0) is 0 Å². The van der Waals surface area contributed by atoms with Crippen LogP contribution in [0.3, 0.4) is 0 Å². The summed E-state index contributed by atoms with van der Waals surface area (Å²) in [5.41, 5.74) is 0. The van der Waals surface area contributed by atoms with E-state index >= 15 is 0 Å². The molecular weight excluding hydrogens is 477 g/mol. The maximum atomic E-state index is 11.0. The zero-order valence-corrected chi connectivity index (χ0v) is 10.1. The van der Waals surface area contributed by atoms with Gasteiger partial charge in [-0.25, -0.2) is 19.6 Å². The van der Waals surface area contributed by atoms with Gasteiger partial charge in [-0.3, -0.25) is 0 Å². The van der Waals surface area contributed by atoms with Crippen LogP contribution in [-0.4, -0.2) is 6.18 Å². The minimum atomic E-state index is -4.07. The predicted molar refractivity (Wildman–Crippen MR) is 20.6 cm³/mol. The maximum Gasteiger partial charge on any atom is 0.270 e. The summed E-state index contributed by atoms with van der Waals surface area (Å²) in [6.45, 7) is 1.45. The quantitative estimate of drug-likeness (QED) is 0.502. The average molecular weight is 484 g/mol. The Bertz CT molecular complexity index is 52.3. The molecule has 0 atom stereocenters. The molecule has 58 valence electrons. The van der Waals surface area contributed by atoms with Gasteiger partial charge in [0.2, 0.25) is 0 Å². The molecule has 2 radical (unpaired) electrons. The Kier molecular flexibility index (Phi) is 13.3. The maximum absolute atomic E-state index is 11.0. The predicted octanol–water partition coefficient (Wildman–Crippen LogP) is 2.16. The van der Waals surface area contributed by atoms with Crippen molar-refractivity contribution in [2.45, 2.75) is 19.5 Å². The van der Waals surface area contributed by atoms with E-state index in [4.69, 9.17) is 0 Å². The van der Waals surface area contributed by atoms with Crippen LogP contribution in [0.15, 0.2) is 0 Å². The molecule has 0 aromatic carbocycles. The number of hydrogen-bond acceptors (Lipinski definition) is 0. The standard InChI is InChI=1S/C4H6F3.2Re/c1-2-3-4(5,6)7;;/h3H,2H2,1H3;;/q-1;;.